The minimum absolute atomic E-state index is 0.0489. The lowest BCUT2D eigenvalue weighted by molar-refractivity contribution is -0.112. The number of rotatable bonds is 5. The summed E-state index contributed by atoms with van der Waals surface area (Å²) < 4.78 is 0. The number of amides is 1. The molecule has 0 bridgehead atoms. The molecule has 5 heteroatoms. The summed E-state index contributed by atoms with van der Waals surface area (Å²) in [6.07, 6.45) is 1.38. The van der Waals surface area contributed by atoms with Crippen molar-refractivity contribution in [2.45, 2.75) is 33.1 Å². The van der Waals surface area contributed by atoms with Gasteiger partial charge in [-0.1, -0.05) is 32.9 Å². The van der Waals surface area contributed by atoms with Crippen molar-refractivity contribution < 1.29 is 9.59 Å². The Hall–Kier alpha value is -3.39. The van der Waals surface area contributed by atoms with E-state index in [4.69, 9.17) is 0 Å². The maximum atomic E-state index is 12.3. The second kappa shape index (κ2) is 8.33. The van der Waals surface area contributed by atoms with Gasteiger partial charge in [0.25, 0.3) is 5.91 Å². The number of carbonyl (C=O) groups excluding carboxylic acids is 2. The van der Waals surface area contributed by atoms with Crippen LogP contribution in [0.5, 0.6) is 0 Å². The Labute approximate surface area is 159 Å². The van der Waals surface area contributed by atoms with Crippen LogP contribution in [0.3, 0.4) is 0 Å². The van der Waals surface area contributed by atoms with Crippen LogP contribution in [0.4, 0.5) is 11.4 Å². The van der Waals surface area contributed by atoms with E-state index in [0.29, 0.717) is 11.3 Å². The summed E-state index contributed by atoms with van der Waals surface area (Å²) >= 11 is 0. The third kappa shape index (κ3) is 5.55. The van der Waals surface area contributed by atoms with Gasteiger partial charge in [0.05, 0.1) is 0 Å². The number of hydrogen-bond donors (Lipinski definition) is 2. The summed E-state index contributed by atoms with van der Waals surface area (Å²) in [5, 5.41) is 14.9. The number of anilines is 2. The summed E-state index contributed by atoms with van der Waals surface area (Å²) in [5.74, 6) is -0.570. The summed E-state index contributed by atoms with van der Waals surface area (Å²) in [6.45, 7) is 7.88. The molecule has 0 unspecified atom stereocenters. The van der Waals surface area contributed by atoms with Crippen molar-refractivity contribution in [1.82, 2.24) is 0 Å². The monoisotopic (exact) mass is 361 g/mol. The number of hydrogen-bond acceptors (Lipinski definition) is 4. The Morgan fingerprint density at radius 1 is 0.963 bits per heavy atom. The zero-order valence-corrected chi connectivity index (χ0v) is 16.0. The van der Waals surface area contributed by atoms with Crippen molar-refractivity contribution in [3.05, 3.63) is 71.4 Å². The highest BCUT2D eigenvalue weighted by molar-refractivity contribution is 6.07. The second-order valence-electron chi connectivity index (χ2n) is 7.23. The fourth-order valence-electron chi connectivity index (χ4n) is 2.36. The number of nitriles is 1. The van der Waals surface area contributed by atoms with Gasteiger partial charge in [0, 0.05) is 23.1 Å². The van der Waals surface area contributed by atoms with Gasteiger partial charge in [0.15, 0.2) is 5.78 Å². The molecular formula is C22H23N3O2. The lowest BCUT2D eigenvalue weighted by atomic mass is 9.87. The maximum Gasteiger partial charge on any atom is 0.267 e. The summed E-state index contributed by atoms with van der Waals surface area (Å²) in [6, 6.07) is 16.2. The van der Waals surface area contributed by atoms with E-state index >= 15 is 0 Å². The molecule has 0 aliphatic rings. The van der Waals surface area contributed by atoms with Gasteiger partial charge in [0.1, 0.15) is 11.6 Å². The molecule has 0 aliphatic carbocycles. The second-order valence-corrected chi connectivity index (χ2v) is 7.23. The van der Waals surface area contributed by atoms with E-state index < -0.39 is 5.91 Å². The van der Waals surface area contributed by atoms with Gasteiger partial charge in [-0.25, -0.2) is 0 Å². The highest BCUT2D eigenvalue weighted by atomic mass is 16.1. The molecule has 0 atom stereocenters. The highest BCUT2D eigenvalue weighted by Crippen LogP contribution is 2.23. The molecule has 0 aromatic heterocycles. The first-order valence-electron chi connectivity index (χ1n) is 8.60. The van der Waals surface area contributed by atoms with Gasteiger partial charge in [-0.3, -0.25) is 9.59 Å². The summed E-state index contributed by atoms with van der Waals surface area (Å²) in [4.78, 5) is 23.5. The topological polar surface area (TPSA) is 82.0 Å². The molecule has 0 saturated heterocycles. The lowest BCUT2D eigenvalue weighted by Crippen LogP contribution is -2.14. The Kier molecular flexibility index (Phi) is 6.15. The van der Waals surface area contributed by atoms with Crippen molar-refractivity contribution in [3.8, 4) is 6.07 Å². The van der Waals surface area contributed by atoms with Gasteiger partial charge in [-0.05, 0) is 54.3 Å². The van der Waals surface area contributed by atoms with Crippen molar-refractivity contribution in [1.29, 1.82) is 5.26 Å². The van der Waals surface area contributed by atoms with Gasteiger partial charge >= 0.3 is 0 Å². The average molecular weight is 361 g/mol. The number of nitrogens with one attached hydrogen (secondary N) is 2. The summed E-state index contributed by atoms with van der Waals surface area (Å²) in [5.41, 5.74) is 3.07. The highest BCUT2D eigenvalue weighted by Gasteiger charge is 2.13. The van der Waals surface area contributed by atoms with E-state index in [9.17, 15) is 14.9 Å². The van der Waals surface area contributed by atoms with Crippen LogP contribution in [0, 0.1) is 11.3 Å². The molecule has 0 radical (unpaired) electrons. The van der Waals surface area contributed by atoms with Crippen LogP contribution < -0.4 is 10.6 Å². The Balaban J connectivity index is 2.05. The molecule has 27 heavy (non-hydrogen) atoms. The van der Waals surface area contributed by atoms with Gasteiger partial charge in [0.2, 0.25) is 0 Å². The predicted molar refractivity (Wildman–Crippen MR) is 108 cm³/mol. The molecule has 0 aliphatic heterocycles. The van der Waals surface area contributed by atoms with Gasteiger partial charge < -0.3 is 10.6 Å². The number of carbonyl (C=O) groups is 2. The molecule has 2 aromatic carbocycles. The smallest absolute Gasteiger partial charge is 0.267 e. The molecule has 1 amide bonds. The third-order valence-electron chi connectivity index (χ3n) is 4.05. The van der Waals surface area contributed by atoms with E-state index in [2.05, 4.69) is 31.4 Å². The number of benzene rings is 2. The van der Waals surface area contributed by atoms with Crippen LogP contribution >= 0.6 is 0 Å². The molecule has 2 N–H and O–H groups in total. The predicted octanol–water partition coefficient (Wildman–Crippen LogP) is 4.64. The lowest BCUT2D eigenvalue weighted by Gasteiger charge is -2.19. The molecule has 138 valence electrons. The molecule has 5 nitrogen and oxygen atoms in total. The maximum absolute atomic E-state index is 12.3. The number of ketones is 1. The van der Waals surface area contributed by atoms with Crippen molar-refractivity contribution >= 4 is 23.1 Å². The van der Waals surface area contributed by atoms with Gasteiger partial charge in [-0.15, -0.1) is 0 Å². The summed E-state index contributed by atoms with van der Waals surface area (Å²) in [7, 11) is 0. The van der Waals surface area contributed by atoms with Crippen molar-refractivity contribution in [2.24, 2.45) is 0 Å². The fraction of sp³-hybridized carbons (Fsp3) is 0.227. The average Bonchev–Trinajstić information content (AvgIpc) is 2.62. The first kappa shape index (κ1) is 19.9. The van der Waals surface area contributed by atoms with E-state index in [1.165, 1.54) is 18.7 Å². The Morgan fingerprint density at radius 3 is 2.00 bits per heavy atom. The molecule has 0 saturated carbocycles. The number of Topliss-reactive ketones (excluding diaryl/α,β-unsaturated/α-hetero) is 1. The van der Waals surface area contributed by atoms with Crippen LogP contribution in [0.1, 0.15) is 43.6 Å². The van der Waals surface area contributed by atoms with Gasteiger partial charge in [-0.2, -0.15) is 5.26 Å². The zero-order valence-electron chi connectivity index (χ0n) is 16.0. The number of nitrogens with zero attached hydrogens (tertiary/aromatic N) is 1. The quantitative estimate of drug-likeness (QED) is 0.461. The van der Waals surface area contributed by atoms with Crippen LogP contribution in [0.25, 0.3) is 0 Å². The van der Waals surface area contributed by atoms with E-state index in [1.807, 2.05) is 30.3 Å². The fourth-order valence-corrected chi connectivity index (χ4v) is 2.36. The van der Waals surface area contributed by atoms with E-state index in [0.717, 1.165) is 5.69 Å². The molecule has 0 heterocycles. The minimum Gasteiger partial charge on any atom is -0.360 e. The Morgan fingerprint density at radius 2 is 1.52 bits per heavy atom. The Bertz CT molecular complexity index is 897. The van der Waals surface area contributed by atoms with Crippen LogP contribution in [0.2, 0.25) is 0 Å². The van der Waals surface area contributed by atoms with Crippen LogP contribution in [0.15, 0.2) is 60.3 Å². The van der Waals surface area contributed by atoms with Crippen molar-refractivity contribution in [3.63, 3.8) is 0 Å². The third-order valence-corrected chi connectivity index (χ3v) is 4.05. The minimum atomic E-state index is -0.521. The first-order valence-corrected chi connectivity index (χ1v) is 8.60. The molecule has 0 fully saturated rings. The van der Waals surface area contributed by atoms with Crippen LogP contribution in [-0.2, 0) is 10.2 Å². The SMILES string of the molecule is CC(=O)c1ccc(NC(=O)/C(C#N)=C\Nc2ccc(C(C)(C)C)cc2)cc1. The van der Waals surface area contributed by atoms with E-state index in [-0.39, 0.29) is 16.8 Å². The van der Waals surface area contributed by atoms with Crippen molar-refractivity contribution in [2.75, 3.05) is 10.6 Å². The zero-order chi connectivity index (χ0) is 20.0. The van der Waals surface area contributed by atoms with E-state index in [1.54, 1.807) is 24.3 Å². The molecule has 2 aromatic rings. The molecule has 0 spiro atoms. The normalized spacial score (nSPS) is 11.4. The first-order chi connectivity index (χ1) is 12.7. The molecular weight excluding hydrogens is 338 g/mol. The van der Waals surface area contributed by atoms with Crippen LogP contribution in [-0.4, -0.2) is 11.7 Å². The standard InChI is InChI=1S/C22H23N3O2/c1-15(26)16-5-9-20(10-6-16)25-21(27)17(13-23)14-24-19-11-7-18(8-12-19)22(2,3)4/h5-12,14,24H,1-4H3,(H,25,27)/b17-14-. The largest absolute Gasteiger partial charge is 0.360 e. The molecule has 2 rings (SSSR count).